The lowest BCUT2D eigenvalue weighted by Crippen LogP contribution is -2.40. The zero-order valence-electron chi connectivity index (χ0n) is 21.8. The second kappa shape index (κ2) is 10.4. The Morgan fingerprint density at radius 2 is 1.61 bits per heavy atom. The highest BCUT2D eigenvalue weighted by Crippen LogP contribution is 2.45. The van der Waals surface area contributed by atoms with Gasteiger partial charge in [0.2, 0.25) is 0 Å². The molecule has 6 nitrogen and oxygen atoms in total. The van der Waals surface area contributed by atoms with E-state index in [0.29, 0.717) is 46.8 Å². The maximum atomic E-state index is 13.7. The van der Waals surface area contributed by atoms with Crippen molar-refractivity contribution in [2.75, 3.05) is 22.9 Å². The van der Waals surface area contributed by atoms with Gasteiger partial charge < -0.3 is 14.9 Å². The number of amides is 1. The van der Waals surface area contributed by atoms with Gasteiger partial charge in [0, 0.05) is 30.3 Å². The van der Waals surface area contributed by atoms with Crippen LogP contribution in [0.1, 0.15) is 34.6 Å². The lowest BCUT2D eigenvalue weighted by molar-refractivity contribution is -0.132. The van der Waals surface area contributed by atoms with Crippen molar-refractivity contribution in [1.82, 2.24) is 0 Å². The largest absolute Gasteiger partial charge is 0.372 e. The number of hydrogen-bond donors (Lipinski definition) is 2. The topological polar surface area (TPSA) is 86.9 Å². The Bertz CT molecular complexity index is 1640. The van der Waals surface area contributed by atoms with Crippen molar-refractivity contribution in [3.63, 3.8) is 0 Å². The molecule has 1 fully saturated rings. The van der Waals surface area contributed by atoms with Crippen LogP contribution in [-0.4, -0.2) is 28.3 Å². The molecule has 0 bridgehead atoms. The van der Waals surface area contributed by atoms with Crippen LogP contribution in [-0.2, 0) is 27.9 Å². The summed E-state index contributed by atoms with van der Waals surface area (Å²) in [6, 6.07) is 23.0. The van der Waals surface area contributed by atoms with E-state index in [1.807, 2.05) is 24.3 Å². The number of nitrogens with zero attached hydrogens (tertiary/aromatic N) is 2. The number of anilines is 2. The molecule has 3 unspecified atom stereocenters. The van der Waals surface area contributed by atoms with E-state index in [1.54, 1.807) is 41.3 Å². The van der Waals surface area contributed by atoms with Crippen molar-refractivity contribution in [2.24, 2.45) is 5.14 Å². The fraction of sp³-hybridized carbons (Fsp3) is 0.194. The highest BCUT2D eigenvalue weighted by atomic mass is 32.2. The van der Waals surface area contributed by atoms with Crippen LogP contribution in [0.25, 0.3) is 0 Å². The van der Waals surface area contributed by atoms with Gasteiger partial charge in [-0.2, -0.15) is 0 Å². The maximum Gasteiger partial charge on any atom is 0.268 e. The first kappa shape index (κ1) is 27.2. The first-order valence-corrected chi connectivity index (χ1v) is 14.3. The van der Waals surface area contributed by atoms with E-state index in [-0.39, 0.29) is 12.5 Å². The summed E-state index contributed by atoms with van der Waals surface area (Å²) >= 11 is 0. The van der Waals surface area contributed by atoms with Crippen LogP contribution in [0.2, 0.25) is 0 Å². The van der Waals surface area contributed by atoms with Crippen LogP contribution in [0, 0.1) is 17.5 Å². The van der Waals surface area contributed by atoms with Gasteiger partial charge in [0.15, 0.2) is 23.1 Å². The standard InChI is InChI=1S/C31H26F3N3O3S/c32-26-15-21(16-27(33)29(26)34)20-13-14-36(18-20)23-9-5-19(6-10-23)17-37-28-4-2-1-3-25(28)31(39,30(37)38)22-7-11-24(12-8-22)41(35)40/h1-12,15-16,20,39H,13-14,17-18,35H2. The van der Waals surface area contributed by atoms with Crippen LogP contribution in [0.5, 0.6) is 0 Å². The molecule has 0 aromatic heterocycles. The Morgan fingerprint density at radius 3 is 2.27 bits per heavy atom. The molecule has 4 aromatic rings. The Morgan fingerprint density at radius 1 is 0.951 bits per heavy atom. The Hall–Kier alpha value is -3.99. The van der Waals surface area contributed by atoms with E-state index in [9.17, 15) is 27.3 Å². The lowest BCUT2D eigenvalue weighted by Gasteiger charge is -2.24. The van der Waals surface area contributed by atoms with Crippen molar-refractivity contribution >= 4 is 28.3 Å². The summed E-state index contributed by atoms with van der Waals surface area (Å²) in [5.74, 6) is -4.45. The van der Waals surface area contributed by atoms with E-state index in [0.717, 1.165) is 23.4 Å². The summed E-state index contributed by atoms with van der Waals surface area (Å²) in [5, 5.41) is 17.2. The van der Waals surface area contributed by atoms with Crippen LogP contribution in [0.15, 0.2) is 89.8 Å². The van der Waals surface area contributed by atoms with Gasteiger partial charge in [-0.25, -0.2) is 22.5 Å². The monoisotopic (exact) mass is 577 g/mol. The van der Waals surface area contributed by atoms with Gasteiger partial charge >= 0.3 is 0 Å². The van der Waals surface area contributed by atoms with Gasteiger partial charge in [0.25, 0.3) is 5.91 Å². The minimum atomic E-state index is -1.91. The number of halogens is 3. The highest BCUT2D eigenvalue weighted by molar-refractivity contribution is 7.82. The molecule has 2 heterocycles. The molecular formula is C31H26F3N3O3S. The van der Waals surface area contributed by atoms with Crippen LogP contribution < -0.4 is 14.9 Å². The molecule has 2 aliphatic heterocycles. The number of benzene rings is 4. The molecule has 2 aliphatic rings. The van der Waals surface area contributed by atoms with Crippen LogP contribution >= 0.6 is 0 Å². The Kier molecular flexibility index (Phi) is 6.93. The number of aliphatic hydroxyl groups is 1. The second-order valence-corrected chi connectivity index (χ2v) is 11.4. The first-order chi connectivity index (χ1) is 19.7. The minimum absolute atomic E-state index is 0.130. The molecule has 3 atom stereocenters. The summed E-state index contributed by atoms with van der Waals surface area (Å²) in [5.41, 5.74) is 1.69. The predicted octanol–water partition coefficient (Wildman–Crippen LogP) is 4.86. The van der Waals surface area contributed by atoms with Crippen molar-refractivity contribution < 1.29 is 27.3 Å². The summed E-state index contributed by atoms with van der Waals surface area (Å²) in [4.78, 5) is 17.8. The molecule has 210 valence electrons. The van der Waals surface area contributed by atoms with Gasteiger partial charge in [0.05, 0.1) is 17.1 Å². The second-order valence-electron chi connectivity index (χ2n) is 10.3. The normalized spacial score (nSPS) is 20.9. The van der Waals surface area contributed by atoms with Crippen molar-refractivity contribution in [2.45, 2.75) is 29.4 Å². The van der Waals surface area contributed by atoms with Crippen molar-refractivity contribution in [3.8, 4) is 0 Å². The fourth-order valence-electron chi connectivity index (χ4n) is 5.77. The molecule has 1 amide bonds. The van der Waals surface area contributed by atoms with Crippen molar-refractivity contribution in [3.05, 3.63) is 125 Å². The van der Waals surface area contributed by atoms with Gasteiger partial charge in [-0.3, -0.25) is 4.79 Å². The molecule has 0 saturated carbocycles. The molecule has 3 N–H and O–H groups in total. The molecule has 6 rings (SSSR count). The zero-order valence-corrected chi connectivity index (χ0v) is 22.6. The quantitative estimate of drug-likeness (QED) is 0.321. The summed E-state index contributed by atoms with van der Waals surface area (Å²) in [6.07, 6.45) is 0.673. The summed E-state index contributed by atoms with van der Waals surface area (Å²) < 4.78 is 52.5. The fourth-order valence-corrected chi connectivity index (χ4v) is 6.18. The summed E-state index contributed by atoms with van der Waals surface area (Å²) in [6.45, 7) is 1.43. The number of rotatable bonds is 6. The van der Waals surface area contributed by atoms with Crippen LogP contribution in [0.4, 0.5) is 24.5 Å². The van der Waals surface area contributed by atoms with Gasteiger partial charge in [-0.05, 0) is 65.6 Å². The first-order valence-electron chi connectivity index (χ1n) is 13.1. The predicted molar refractivity (Wildman–Crippen MR) is 150 cm³/mol. The third-order valence-electron chi connectivity index (χ3n) is 7.95. The molecule has 1 saturated heterocycles. The number of carbonyl (C=O) groups is 1. The summed E-state index contributed by atoms with van der Waals surface area (Å²) in [7, 11) is -1.68. The lowest BCUT2D eigenvalue weighted by atomic mass is 9.87. The molecule has 41 heavy (non-hydrogen) atoms. The molecule has 0 radical (unpaired) electrons. The smallest absolute Gasteiger partial charge is 0.268 e. The number of fused-ring (bicyclic) bond motifs is 1. The molecule has 10 heteroatoms. The minimum Gasteiger partial charge on any atom is -0.372 e. The number of hydrogen-bond acceptors (Lipinski definition) is 4. The van der Waals surface area contributed by atoms with E-state index < -0.39 is 39.9 Å². The third-order valence-corrected chi connectivity index (χ3v) is 8.69. The molecule has 4 aromatic carbocycles. The van der Waals surface area contributed by atoms with Gasteiger partial charge in [-0.1, -0.05) is 42.5 Å². The SMILES string of the molecule is NS(=O)c1ccc(C2(O)C(=O)N(Cc3ccc(N4CCC(c5cc(F)c(F)c(F)c5)C4)cc3)c3ccccc32)cc1. The van der Waals surface area contributed by atoms with Gasteiger partial charge in [0.1, 0.15) is 11.0 Å². The maximum absolute atomic E-state index is 13.7. The van der Waals surface area contributed by atoms with E-state index >= 15 is 0 Å². The highest BCUT2D eigenvalue weighted by Gasteiger charge is 2.50. The Balaban J connectivity index is 1.20. The number of para-hydroxylation sites is 1. The molecule has 0 spiro atoms. The van der Waals surface area contributed by atoms with E-state index in [4.69, 9.17) is 5.14 Å². The average molecular weight is 578 g/mol. The Labute approximate surface area is 237 Å². The molecule has 0 aliphatic carbocycles. The van der Waals surface area contributed by atoms with E-state index in [1.165, 1.54) is 12.1 Å². The average Bonchev–Trinajstić information content (AvgIpc) is 3.55. The third kappa shape index (κ3) is 4.71. The van der Waals surface area contributed by atoms with Crippen molar-refractivity contribution in [1.29, 1.82) is 0 Å². The molecular weight excluding hydrogens is 551 g/mol. The number of nitrogens with two attached hydrogens (primary N) is 1. The number of carbonyl (C=O) groups excluding carboxylic acids is 1. The van der Waals surface area contributed by atoms with E-state index in [2.05, 4.69) is 4.90 Å². The zero-order chi connectivity index (χ0) is 28.9. The van der Waals surface area contributed by atoms with Crippen LogP contribution in [0.3, 0.4) is 0 Å². The van der Waals surface area contributed by atoms with Gasteiger partial charge in [-0.15, -0.1) is 0 Å².